The highest BCUT2D eigenvalue weighted by Crippen LogP contribution is 2.31. The molecule has 9 heteroatoms. The molecule has 4 heterocycles. The van der Waals surface area contributed by atoms with E-state index in [0.717, 1.165) is 54.8 Å². The standard InChI is InChI=1S/C26H25ClN6O2/c27-21-12-17(3-6-20(21)26(34)31-18-4-5-18)23-14-30-25-24(29-13-19-2-1-11-35-19)32-22(15-33(23)25)16-7-9-28-10-8-16/h3,6-10,12,14-15,18-19H,1-2,4-5,11,13H2,(H,29,32)(H,31,34). The molecule has 0 spiro atoms. The number of halogens is 1. The van der Waals surface area contributed by atoms with Crippen LogP contribution in [0.25, 0.3) is 28.2 Å². The molecule has 3 aromatic heterocycles. The van der Waals surface area contributed by atoms with Gasteiger partial charge < -0.3 is 15.4 Å². The van der Waals surface area contributed by atoms with Gasteiger partial charge in [0.2, 0.25) is 0 Å². The van der Waals surface area contributed by atoms with E-state index in [9.17, 15) is 4.79 Å². The predicted molar refractivity (Wildman–Crippen MR) is 135 cm³/mol. The molecule has 4 aromatic rings. The zero-order valence-corrected chi connectivity index (χ0v) is 19.8. The fraction of sp³-hybridized carbons (Fsp3) is 0.308. The molecule has 1 aromatic carbocycles. The third kappa shape index (κ3) is 4.59. The van der Waals surface area contributed by atoms with Crippen LogP contribution in [0.5, 0.6) is 0 Å². The number of hydrogen-bond acceptors (Lipinski definition) is 6. The lowest BCUT2D eigenvalue weighted by molar-refractivity contribution is 0.0951. The van der Waals surface area contributed by atoms with Gasteiger partial charge in [-0.1, -0.05) is 17.7 Å². The van der Waals surface area contributed by atoms with Crippen LogP contribution in [-0.4, -0.2) is 50.6 Å². The molecule has 1 aliphatic carbocycles. The molecule has 8 nitrogen and oxygen atoms in total. The van der Waals surface area contributed by atoms with Gasteiger partial charge in [0.25, 0.3) is 5.91 Å². The number of nitrogens with one attached hydrogen (secondary N) is 2. The maximum Gasteiger partial charge on any atom is 0.253 e. The van der Waals surface area contributed by atoms with Gasteiger partial charge in [-0.15, -0.1) is 0 Å². The lowest BCUT2D eigenvalue weighted by Crippen LogP contribution is -2.25. The van der Waals surface area contributed by atoms with E-state index in [4.69, 9.17) is 21.3 Å². The number of aromatic nitrogens is 4. The number of carbonyl (C=O) groups excluding carboxylic acids is 1. The van der Waals surface area contributed by atoms with Crippen LogP contribution in [0.2, 0.25) is 5.02 Å². The Kier molecular flexibility index (Phi) is 5.83. The number of anilines is 1. The van der Waals surface area contributed by atoms with Crippen molar-refractivity contribution in [3.63, 3.8) is 0 Å². The molecule has 35 heavy (non-hydrogen) atoms. The van der Waals surface area contributed by atoms with Gasteiger partial charge >= 0.3 is 0 Å². The molecular formula is C26H25ClN6O2. The van der Waals surface area contributed by atoms with Gasteiger partial charge in [-0.2, -0.15) is 0 Å². The summed E-state index contributed by atoms with van der Waals surface area (Å²) in [5, 5.41) is 6.85. The van der Waals surface area contributed by atoms with Crippen LogP contribution in [0.4, 0.5) is 5.82 Å². The van der Waals surface area contributed by atoms with Gasteiger partial charge in [-0.3, -0.25) is 14.2 Å². The topological polar surface area (TPSA) is 93.4 Å². The monoisotopic (exact) mass is 488 g/mol. The highest BCUT2D eigenvalue weighted by Gasteiger charge is 2.25. The number of ether oxygens (including phenoxy) is 1. The Hall–Kier alpha value is -3.49. The third-order valence-corrected chi connectivity index (χ3v) is 6.72. The third-order valence-electron chi connectivity index (χ3n) is 6.41. The van der Waals surface area contributed by atoms with Crippen LogP contribution < -0.4 is 10.6 Å². The second-order valence-electron chi connectivity index (χ2n) is 9.01. The fourth-order valence-corrected chi connectivity index (χ4v) is 4.61. The summed E-state index contributed by atoms with van der Waals surface area (Å²) >= 11 is 6.54. The first-order chi connectivity index (χ1) is 17.2. The van der Waals surface area contributed by atoms with Crippen LogP contribution >= 0.6 is 11.6 Å². The van der Waals surface area contributed by atoms with E-state index in [0.29, 0.717) is 28.6 Å². The summed E-state index contributed by atoms with van der Waals surface area (Å²) in [4.78, 5) is 26.2. The first-order valence-corrected chi connectivity index (χ1v) is 12.3. The van der Waals surface area contributed by atoms with E-state index in [1.54, 1.807) is 24.7 Å². The van der Waals surface area contributed by atoms with Crippen molar-refractivity contribution < 1.29 is 9.53 Å². The van der Waals surface area contributed by atoms with Crippen molar-refractivity contribution in [1.29, 1.82) is 0 Å². The molecule has 1 aliphatic heterocycles. The fourth-order valence-electron chi connectivity index (χ4n) is 4.35. The summed E-state index contributed by atoms with van der Waals surface area (Å²) in [5.41, 5.74) is 4.65. The van der Waals surface area contributed by atoms with Gasteiger partial charge in [-0.25, -0.2) is 9.97 Å². The highest BCUT2D eigenvalue weighted by atomic mass is 35.5. The van der Waals surface area contributed by atoms with Crippen molar-refractivity contribution in [2.45, 2.75) is 37.8 Å². The maximum absolute atomic E-state index is 12.5. The van der Waals surface area contributed by atoms with Crippen molar-refractivity contribution in [3.8, 4) is 22.5 Å². The first kappa shape index (κ1) is 22.0. The SMILES string of the molecule is O=C(NC1CC1)c1ccc(-c2cnc3c(NCC4CCCO4)nc(-c4ccncc4)cn23)cc1Cl. The molecule has 1 saturated carbocycles. The highest BCUT2D eigenvalue weighted by molar-refractivity contribution is 6.34. The molecule has 1 atom stereocenters. The number of fused-ring (bicyclic) bond motifs is 1. The summed E-state index contributed by atoms with van der Waals surface area (Å²) in [5.74, 6) is 0.555. The Morgan fingerprint density at radius 2 is 2.00 bits per heavy atom. The van der Waals surface area contributed by atoms with Crippen molar-refractivity contribution in [1.82, 2.24) is 24.7 Å². The predicted octanol–water partition coefficient (Wildman–Crippen LogP) is 4.59. The smallest absolute Gasteiger partial charge is 0.253 e. The van der Waals surface area contributed by atoms with Crippen LogP contribution in [-0.2, 0) is 4.74 Å². The molecule has 0 radical (unpaired) electrons. The average molecular weight is 489 g/mol. The molecule has 0 bridgehead atoms. The van der Waals surface area contributed by atoms with Gasteiger partial charge in [0.1, 0.15) is 0 Å². The number of amides is 1. The Bertz CT molecular complexity index is 1380. The van der Waals surface area contributed by atoms with Gasteiger partial charge in [0.15, 0.2) is 11.5 Å². The minimum Gasteiger partial charge on any atom is -0.376 e. The number of pyridine rings is 1. The number of imidazole rings is 1. The summed E-state index contributed by atoms with van der Waals surface area (Å²) in [6.07, 6.45) is 11.6. The summed E-state index contributed by atoms with van der Waals surface area (Å²) in [6.45, 7) is 1.47. The number of nitrogens with zero attached hydrogens (tertiary/aromatic N) is 4. The molecule has 2 aliphatic rings. The molecule has 2 fully saturated rings. The normalized spacial score (nSPS) is 17.6. The number of hydrogen-bond donors (Lipinski definition) is 2. The van der Waals surface area contributed by atoms with E-state index in [1.807, 2.05) is 34.9 Å². The molecule has 2 N–H and O–H groups in total. The van der Waals surface area contributed by atoms with Crippen LogP contribution in [0.15, 0.2) is 55.1 Å². The molecule has 1 saturated heterocycles. The lowest BCUT2D eigenvalue weighted by atomic mass is 10.1. The quantitative estimate of drug-likeness (QED) is 0.395. The van der Waals surface area contributed by atoms with Gasteiger partial charge in [-0.05, 0) is 49.9 Å². The largest absolute Gasteiger partial charge is 0.376 e. The summed E-state index contributed by atoms with van der Waals surface area (Å²) in [7, 11) is 0. The lowest BCUT2D eigenvalue weighted by Gasteiger charge is -2.14. The second kappa shape index (κ2) is 9.28. The number of rotatable bonds is 7. The van der Waals surface area contributed by atoms with Crippen LogP contribution in [0, 0.1) is 0 Å². The zero-order valence-electron chi connectivity index (χ0n) is 19.1. The maximum atomic E-state index is 12.5. The average Bonchev–Trinajstić information content (AvgIpc) is 3.35. The summed E-state index contributed by atoms with van der Waals surface area (Å²) < 4.78 is 7.78. The summed E-state index contributed by atoms with van der Waals surface area (Å²) in [6, 6.07) is 9.63. The molecule has 178 valence electrons. The van der Waals surface area contributed by atoms with E-state index in [2.05, 4.69) is 20.6 Å². The molecule has 1 amide bonds. The van der Waals surface area contributed by atoms with E-state index >= 15 is 0 Å². The molecular weight excluding hydrogens is 464 g/mol. The van der Waals surface area contributed by atoms with Crippen molar-refractivity contribution in [2.24, 2.45) is 0 Å². The van der Waals surface area contributed by atoms with Gasteiger partial charge in [0, 0.05) is 48.9 Å². The minimum absolute atomic E-state index is 0.132. The van der Waals surface area contributed by atoms with E-state index < -0.39 is 0 Å². The molecule has 1 unspecified atom stereocenters. The van der Waals surface area contributed by atoms with Crippen LogP contribution in [0.1, 0.15) is 36.0 Å². The van der Waals surface area contributed by atoms with Crippen LogP contribution in [0.3, 0.4) is 0 Å². The second-order valence-corrected chi connectivity index (χ2v) is 9.41. The zero-order chi connectivity index (χ0) is 23.8. The number of carbonyl (C=O) groups is 1. The minimum atomic E-state index is -0.132. The van der Waals surface area contributed by atoms with E-state index in [1.165, 1.54) is 0 Å². The Morgan fingerprint density at radius 3 is 2.74 bits per heavy atom. The van der Waals surface area contributed by atoms with Crippen molar-refractivity contribution in [2.75, 3.05) is 18.5 Å². The molecule has 6 rings (SSSR count). The van der Waals surface area contributed by atoms with Crippen molar-refractivity contribution in [3.05, 3.63) is 65.7 Å². The Morgan fingerprint density at radius 1 is 1.14 bits per heavy atom. The number of benzene rings is 1. The van der Waals surface area contributed by atoms with Gasteiger partial charge in [0.05, 0.1) is 34.3 Å². The van der Waals surface area contributed by atoms with Crippen molar-refractivity contribution >= 4 is 29.0 Å². The Labute approximate surface area is 207 Å². The first-order valence-electron chi connectivity index (χ1n) is 11.9. The van der Waals surface area contributed by atoms with E-state index in [-0.39, 0.29) is 18.1 Å². The Balaban J connectivity index is 1.39.